The first-order valence-corrected chi connectivity index (χ1v) is 6.75. The Morgan fingerprint density at radius 2 is 1.95 bits per heavy atom. The molecule has 5 nitrogen and oxygen atoms in total. The van der Waals surface area contributed by atoms with Crippen molar-refractivity contribution in [3.8, 4) is 0 Å². The van der Waals surface area contributed by atoms with E-state index in [1.165, 1.54) is 5.56 Å². The van der Waals surface area contributed by atoms with E-state index in [9.17, 15) is 5.11 Å². The van der Waals surface area contributed by atoms with E-state index in [1.54, 1.807) is 11.8 Å². The molecule has 0 saturated carbocycles. The summed E-state index contributed by atoms with van der Waals surface area (Å²) in [5.74, 6) is 0.528. The summed E-state index contributed by atoms with van der Waals surface area (Å²) < 4.78 is 6.92. The summed E-state index contributed by atoms with van der Waals surface area (Å²) in [6, 6.07) is 8.48. The molecule has 0 aliphatic heterocycles. The SMILES string of the molecule is COCc1c(CO)nnn1Cc1ccc(C(C)C)cc1. The maximum absolute atomic E-state index is 9.25. The number of rotatable bonds is 6. The molecule has 1 heterocycles. The zero-order valence-electron chi connectivity index (χ0n) is 12.2. The molecule has 0 fully saturated rings. The third-order valence-corrected chi connectivity index (χ3v) is 3.33. The van der Waals surface area contributed by atoms with Gasteiger partial charge in [-0.25, -0.2) is 4.68 Å². The highest BCUT2D eigenvalue weighted by Crippen LogP contribution is 2.16. The van der Waals surface area contributed by atoms with Crippen molar-refractivity contribution in [1.82, 2.24) is 15.0 Å². The second-order valence-electron chi connectivity index (χ2n) is 5.13. The minimum atomic E-state index is -0.120. The van der Waals surface area contributed by atoms with E-state index in [-0.39, 0.29) is 6.61 Å². The average molecular weight is 275 g/mol. The van der Waals surface area contributed by atoms with Gasteiger partial charge in [-0.05, 0) is 17.0 Å². The quantitative estimate of drug-likeness (QED) is 0.877. The summed E-state index contributed by atoms with van der Waals surface area (Å²) in [6.07, 6.45) is 0. The van der Waals surface area contributed by atoms with Crippen molar-refractivity contribution in [2.45, 2.75) is 39.5 Å². The smallest absolute Gasteiger partial charge is 0.114 e. The van der Waals surface area contributed by atoms with Crippen LogP contribution in [0.25, 0.3) is 0 Å². The predicted molar refractivity (Wildman–Crippen MR) is 76.3 cm³/mol. The Morgan fingerprint density at radius 3 is 2.50 bits per heavy atom. The topological polar surface area (TPSA) is 60.2 Å². The van der Waals surface area contributed by atoms with Crippen LogP contribution in [0.2, 0.25) is 0 Å². The van der Waals surface area contributed by atoms with Gasteiger partial charge in [-0.1, -0.05) is 43.3 Å². The van der Waals surface area contributed by atoms with Gasteiger partial charge in [-0.3, -0.25) is 0 Å². The Balaban J connectivity index is 2.19. The minimum absolute atomic E-state index is 0.120. The standard InChI is InChI=1S/C15H21N3O2/c1-11(2)13-6-4-12(5-7-13)8-18-15(10-20-3)14(9-19)16-17-18/h4-7,11,19H,8-10H2,1-3H3. The molecule has 2 aromatic rings. The van der Waals surface area contributed by atoms with Gasteiger partial charge >= 0.3 is 0 Å². The molecule has 5 heteroatoms. The number of nitrogens with zero attached hydrogens (tertiary/aromatic N) is 3. The molecule has 0 bridgehead atoms. The monoisotopic (exact) mass is 275 g/mol. The number of hydrogen-bond acceptors (Lipinski definition) is 4. The number of methoxy groups -OCH3 is 1. The van der Waals surface area contributed by atoms with Crippen LogP contribution < -0.4 is 0 Å². The molecule has 0 radical (unpaired) electrons. The van der Waals surface area contributed by atoms with Gasteiger partial charge in [0.25, 0.3) is 0 Å². The lowest BCUT2D eigenvalue weighted by Gasteiger charge is -2.09. The zero-order valence-corrected chi connectivity index (χ0v) is 12.2. The number of aliphatic hydroxyl groups excluding tert-OH is 1. The van der Waals surface area contributed by atoms with Gasteiger partial charge in [0.15, 0.2) is 0 Å². The Bertz CT molecular complexity index is 547. The highest BCUT2D eigenvalue weighted by Gasteiger charge is 2.12. The van der Waals surface area contributed by atoms with E-state index in [4.69, 9.17) is 4.74 Å². The van der Waals surface area contributed by atoms with Gasteiger partial charge in [-0.15, -0.1) is 5.10 Å². The van der Waals surface area contributed by atoms with Crippen molar-refractivity contribution in [3.63, 3.8) is 0 Å². The molecule has 1 aromatic heterocycles. The lowest BCUT2D eigenvalue weighted by molar-refractivity contribution is 0.173. The molecule has 2 rings (SSSR count). The average Bonchev–Trinajstić information content (AvgIpc) is 2.82. The Kier molecular flexibility index (Phi) is 4.87. The largest absolute Gasteiger partial charge is 0.390 e. The van der Waals surface area contributed by atoms with Crippen molar-refractivity contribution in [1.29, 1.82) is 0 Å². The van der Waals surface area contributed by atoms with Crippen LogP contribution in [0.4, 0.5) is 0 Å². The van der Waals surface area contributed by atoms with Crippen LogP contribution >= 0.6 is 0 Å². The van der Waals surface area contributed by atoms with Crippen molar-refractivity contribution in [3.05, 3.63) is 46.8 Å². The van der Waals surface area contributed by atoms with Crippen LogP contribution in [-0.2, 0) is 24.5 Å². The molecule has 1 N–H and O–H groups in total. The molecule has 0 unspecified atom stereocenters. The first kappa shape index (κ1) is 14.7. The van der Waals surface area contributed by atoms with Crippen molar-refractivity contribution in [2.24, 2.45) is 0 Å². The number of ether oxygens (including phenoxy) is 1. The van der Waals surface area contributed by atoms with Gasteiger partial charge in [0.05, 0.1) is 25.5 Å². The summed E-state index contributed by atoms with van der Waals surface area (Å²) in [7, 11) is 1.62. The van der Waals surface area contributed by atoms with Gasteiger partial charge < -0.3 is 9.84 Å². The highest BCUT2D eigenvalue weighted by atomic mass is 16.5. The second kappa shape index (κ2) is 6.63. The summed E-state index contributed by atoms with van der Waals surface area (Å²) in [5, 5.41) is 17.3. The molecule has 0 amide bonds. The lowest BCUT2D eigenvalue weighted by Crippen LogP contribution is -2.08. The van der Waals surface area contributed by atoms with Gasteiger partial charge in [0.2, 0.25) is 0 Å². The van der Waals surface area contributed by atoms with E-state index in [0.29, 0.717) is 24.8 Å². The van der Waals surface area contributed by atoms with Crippen molar-refractivity contribution >= 4 is 0 Å². The highest BCUT2D eigenvalue weighted by molar-refractivity contribution is 5.25. The minimum Gasteiger partial charge on any atom is -0.390 e. The second-order valence-corrected chi connectivity index (χ2v) is 5.13. The molecule has 0 atom stereocenters. The van der Waals surface area contributed by atoms with Gasteiger partial charge in [0, 0.05) is 7.11 Å². The molecular formula is C15H21N3O2. The van der Waals surface area contributed by atoms with E-state index >= 15 is 0 Å². The molecule has 0 aliphatic rings. The van der Waals surface area contributed by atoms with E-state index < -0.39 is 0 Å². The fourth-order valence-electron chi connectivity index (χ4n) is 2.09. The number of aromatic nitrogens is 3. The van der Waals surface area contributed by atoms with Crippen LogP contribution in [-0.4, -0.2) is 27.2 Å². The third kappa shape index (κ3) is 3.23. The maximum atomic E-state index is 9.25. The molecule has 0 spiro atoms. The zero-order chi connectivity index (χ0) is 14.5. The van der Waals surface area contributed by atoms with Crippen molar-refractivity contribution in [2.75, 3.05) is 7.11 Å². The number of benzene rings is 1. The van der Waals surface area contributed by atoms with Crippen LogP contribution in [0.5, 0.6) is 0 Å². The molecule has 1 aromatic carbocycles. The first-order chi connectivity index (χ1) is 9.65. The Labute approximate surface area is 119 Å². The molecule has 20 heavy (non-hydrogen) atoms. The van der Waals surface area contributed by atoms with Gasteiger partial charge in [-0.2, -0.15) is 0 Å². The fraction of sp³-hybridized carbons (Fsp3) is 0.467. The normalized spacial score (nSPS) is 11.2. The van der Waals surface area contributed by atoms with Crippen LogP contribution in [0.1, 0.15) is 42.3 Å². The number of aliphatic hydroxyl groups is 1. The van der Waals surface area contributed by atoms with Crippen LogP contribution in [0.15, 0.2) is 24.3 Å². The summed E-state index contributed by atoms with van der Waals surface area (Å²) in [6.45, 7) is 5.26. The molecule has 0 saturated heterocycles. The van der Waals surface area contributed by atoms with Crippen molar-refractivity contribution < 1.29 is 9.84 Å². The maximum Gasteiger partial charge on any atom is 0.114 e. The molecule has 108 valence electrons. The molecular weight excluding hydrogens is 254 g/mol. The Hall–Kier alpha value is -1.72. The van der Waals surface area contributed by atoms with Crippen LogP contribution in [0, 0.1) is 0 Å². The molecule has 0 aliphatic carbocycles. The van der Waals surface area contributed by atoms with Gasteiger partial charge in [0.1, 0.15) is 5.69 Å². The Morgan fingerprint density at radius 1 is 1.25 bits per heavy atom. The summed E-state index contributed by atoms with van der Waals surface area (Å²) in [5.41, 5.74) is 3.87. The third-order valence-electron chi connectivity index (χ3n) is 3.33. The first-order valence-electron chi connectivity index (χ1n) is 6.75. The number of hydrogen-bond donors (Lipinski definition) is 1. The lowest BCUT2D eigenvalue weighted by atomic mass is 10.0. The summed E-state index contributed by atoms with van der Waals surface area (Å²) >= 11 is 0. The predicted octanol–water partition coefficient (Wildman–Crippen LogP) is 2.09. The summed E-state index contributed by atoms with van der Waals surface area (Å²) in [4.78, 5) is 0. The van der Waals surface area contributed by atoms with Crippen LogP contribution in [0.3, 0.4) is 0 Å². The fourth-order valence-corrected chi connectivity index (χ4v) is 2.09. The van der Waals surface area contributed by atoms with E-state index in [0.717, 1.165) is 11.3 Å². The van der Waals surface area contributed by atoms with E-state index in [1.807, 2.05) is 0 Å². The van der Waals surface area contributed by atoms with E-state index in [2.05, 4.69) is 48.4 Å².